The third-order valence-electron chi connectivity index (χ3n) is 1.87. The molecule has 1 aromatic rings. The van der Waals surface area contributed by atoms with Crippen molar-refractivity contribution < 1.29 is 4.92 Å². The first kappa shape index (κ1) is 7.60. The van der Waals surface area contributed by atoms with Crippen molar-refractivity contribution in [2.75, 3.05) is 5.75 Å². The van der Waals surface area contributed by atoms with E-state index in [4.69, 9.17) is 0 Å². The third-order valence-corrected chi connectivity index (χ3v) is 3.26. The predicted octanol–water partition coefficient (Wildman–Crippen LogP) is 0.843. The molecule has 1 fully saturated rings. The number of thioether (sulfide) groups is 1. The van der Waals surface area contributed by atoms with Crippen molar-refractivity contribution in [2.45, 2.75) is 11.3 Å². The Morgan fingerprint density at radius 2 is 2.67 bits per heavy atom. The van der Waals surface area contributed by atoms with Crippen molar-refractivity contribution in [3.05, 3.63) is 28.3 Å². The van der Waals surface area contributed by atoms with Crippen LogP contribution in [0.25, 0.3) is 0 Å². The van der Waals surface area contributed by atoms with Crippen LogP contribution in [0.2, 0.25) is 0 Å². The van der Waals surface area contributed by atoms with Gasteiger partial charge in [-0.1, -0.05) is 11.8 Å². The summed E-state index contributed by atoms with van der Waals surface area (Å²) in [6.45, 7) is 0. The first-order valence-electron chi connectivity index (χ1n) is 3.53. The highest BCUT2D eigenvalue weighted by Crippen LogP contribution is 2.40. The number of imidazole rings is 1. The Hall–Kier alpha value is -1.04. The van der Waals surface area contributed by atoms with Crippen molar-refractivity contribution in [2.24, 2.45) is 0 Å². The summed E-state index contributed by atoms with van der Waals surface area (Å²) in [4.78, 5) is 17.1. The van der Waals surface area contributed by atoms with Crippen LogP contribution >= 0.6 is 11.8 Å². The van der Waals surface area contributed by atoms with Crippen molar-refractivity contribution in [1.82, 2.24) is 9.97 Å². The number of rotatable bonds is 2. The molecule has 64 valence electrons. The molecular formula is C6H7N3O2S. The van der Waals surface area contributed by atoms with E-state index < -0.39 is 5.37 Å². The molecule has 2 unspecified atom stereocenters. The van der Waals surface area contributed by atoms with Gasteiger partial charge < -0.3 is 4.98 Å². The summed E-state index contributed by atoms with van der Waals surface area (Å²) < 4.78 is 0. The fourth-order valence-electron chi connectivity index (χ4n) is 1.18. The number of aromatic nitrogens is 2. The highest BCUT2D eigenvalue weighted by Gasteiger charge is 2.44. The van der Waals surface area contributed by atoms with E-state index in [2.05, 4.69) is 9.97 Å². The van der Waals surface area contributed by atoms with E-state index in [1.165, 1.54) is 11.8 Å². The molecule has 6 heteroatoms. The van der Waals surface area contributed by atoms with Crippen LogP contribution in [0.15, 0.2) is 12.4 Å². The number of nitrogens with zero attached hydrogens (tertiary/aromatic N) is 2. The van der Waals surface area contributed by atoms with E-state index in [1.54, 1.807) is 12.4 Å². The van der Waals surface area contributed by atoms with Crippen LogP contribution in [0.3, 0.4) is 0 Å². The van der Waals surface area contributed by atoms with E-state index >= 15 is 0 Å². The zero-order valence-electron chi connectivity index (χ0n) is 6.14. The molecule has 0 aromatic carbocycles. The normalized spacial score (nSPS) is 28.0. The summed E-state index contributed by atoms with van der Waals surface area (Å²) in [6.07, 6.45) is 3.31. The lowest BCUT2D eigenvalue weighted by Gasteiger charge is -2.26. The van der Waals surface area contributed by atoms with Crippen LogP contribution in [0.1, 0.15) is 11.7 Å². The monoisotopic (exact) mass is 185 g/mol. The van der Waals surface area contributed by atoms with E-state index in [1.807, 2.05) is 0 Å². The molecular weight excluding hydrogens is 178 g/mol. The highest BCUT2D eigenvalue weighted by molar-refractivity contribution is 8.01. The summed E-state index contributed by atoms with van der Waals surface area (Å²) in [5.41, 5.74) is 0. The number of nitro groups is 1. The quantitative estimate of drug-likeness (QED) is 0.547. The van der Waals surface area contributed by atoms with E-state index in [-0.39, 0.29) is 10.8 Å². The fraction of sp³-hybridized carbons (Fsp3) is 0.500. The van der Waals surface area contributed by atoms with Gasteiger partial charge in [-0.25, -0.2) is 4.98 Å². The second-order valence-corrected chi connectivity index (χ2v) is 3.74. The van der Waals surface area contributed by atoms with E-state index in [9.17, 15) is 10.1 Å². The maximum Gasteiger partial charge on any atom is 0.268 e. The Bertz CT molecular complexity index is 287. The van der Waals surface area contributed by atoms with E-state index in [0.29, 0.717) is 0 Å². The minimum Gasteiger partial charge on any atom is -0.348 e. The van der Waals surface area contributed by atoms with Gasteiger partial charge in [-0.05, 0) is 0 Å². The first-order chi connectivity index (χ1) is 5.79. The molecule has 5 nitrogen and oxygen atoms in total. The van der Waals surface area contributed by atoms with Gasteiger partial charge in [0.1, 0.15) is 11.7 Å². The summed E-state index contributed by atoms with van der Waals surface area (Å²) in [7, 11) is 0. The molecule has 0 spiro atoms. The molecule has 0 saturated carbocycles. The molecule has 0 radical (unpaired) electrons. The van der Waals surface area contributed by atoms with Crippen LogP contribution in [0.5, 0.6) is 0 Å². The standard InChI is InChI=1S/C6H7N3O2S/c10-9(11)6-4(3-12-6)5-7-1-2-8-5/h1-2,4,6H,3H2,(H,7,8). The van der Waals surface area contributed by atoms with Gasteiger partial charge in [0, 0.05) is 23.1 Å². The van der Waals surface area contributed by atoms with Crippen molar-refractivity contribution in [3.63, 3.8) is 0 Å². The Morgan fingerprint density at radius 1 is 1.83 bits per heavy atom. The zero-order valence-corrected chi connectivity index (χ0v) is 6.95. The molecule has 2 heterocycles. The molecule has 2 atom stereocenters. The molecule has 1 aromatic heterocycles. The Morgan fingerprint density at radius 3 is 3.08 bits per heavy atom. The Labute approximate surface area is 72.7 Å². The second kappa shape index (κ2) is 2.78. The van der Waals surface area contributed by atoms with Crippen LogP contribution in [-0.2, 0) is 0 Å². The van der Waals surface area contributed by atoms with Gasteiger partial charge in [0.25, 0.3) is 5.37 Å². The lowest BCUT2D eigenvalue weighted by atomic mass is 10.1. The minimum absolute atomic E-state index is 0.0278. The molecule has 1 N–H and O–H groups in total. The van der Waals surface area contributed by atoms with Gasteiger partial charge in [-0.2, -0.15) is 0 Å². The fourth-order valence-corrected chi connectivity index (χ4v) is 2.15. The maximum absolute atomic E-state index is 10.4. The van der Waals surface area contributed by atoms with Crippen molar-refractivity contribution in [1.29, 1.82) is 0 Å². The van der Waals surface area contributed by atoms with Gasteiger partial charge in [-0.15, -0.1) is 0 Å². The highest BCUT2D eigenvalue weighted by atomic mass is 32.2. The summed E-state index contributed by atoms with van der Waals surface area (Å²) in [5.74, 6) is 1.49. The summed E-state index contributed by atoms with van der Waals surface area (Å²) in [5, 5.41) is 9.93. The van der Waals surface area contributed by atoms with Gasteiger partial charge in [0.15, 0.2) is 0 Å². The van der Waals surface area contributed by atoms with Crippen molar-refractivity contribution >= 4 is 11.8 Å². The smallest absolute Gasteiger partial charge is 0.268 e. The largest absolute Gasteiger partial charge is 0.348 e. The molecule has 0 amide bonds. The summed E-state index contributed by atoms with van der Waals surface area (Å²) >= 11 is 1.36. The van der Waals surface area contributed by atoms with Gasteiger partial charge >= 0.3 is 0 Å². The molecule has 1 aliphatic rings. The predicted molar refractivity (Wildman–Crippen MR) is 44.6 cm³/mol. The van der Waals surface area contributed by atoms with Crippen LogP contribution in [0.4, 0.5) is 0 Å². The average Bonchev–Trinajstić information content (AvgIpc) is 2.35. The number of H-pyrrole nitrogens is 1. The van der Waals surface area contributed by atoms with Crippen molar-refractivity contribution in [3.8, 4) is 0 Å². The second-order valence-electron chi connectivity index (χ2n) is 2.59. The minimum atomic E-state index is -0.504. The van der Waals surface area contributed by atoms with Gasteiger partial charge in [-0.3, -0.25) is 10.1 Å². The lowest BCUT2D eigenvalue weighted by molar-refractivity contribution is -0.502. The third kappa shape index (κ3) is 1.08. The zero-order chi connectivity index (χ0) is 8.55. The topological polar surface area (TPSA) is 71.8 Å². The number of aromatic amines is 1. The lowest BCUT2D eigenvalue weighted by Crippen LogP contribution is -2.35. The van der Waals surface area contributed by atoms with Crippen LogP contribution in [0, 0.1) is 10.1 Å². The summed E-state index contributed by atoms with van der Waals surface area (Å²) in [6, 6.07) is 0. The maximum atomic E-state index is 10.4. The Kier molecular flexibility index (Phi) is 1.76. The van der Waals surface area contributed by atoms with E-state index in [0.717, 1.165) is 11.6 Å². The molecule has 12 heavy (non-hydrogen) atoms. The van der Waals surface area contributed by atoms with Crippen LogP contribution < -0.4 is 0 Å². The molecule has 1 saturated heterocycles. The Balaban J connectivity index is 2.12. The number of nitrogens with one attached hydrogen (secondary N) is 1. The van der Waals surface area contributed by atoms with Gasteiger partial charge in [0.05, 0.1) is 0 Å². The molecule has 2 rings (SSSR count). The van der Waals surface area contributed by atoms with Gasteiger partial charge in [0.2, 0.25) is 0 Å². The average molecular weight is 185 g/mol. The number of hydrogen-bond donors (Lipinski definition) is 1. The molecule has 1 aliphatic heterocycles. The molecule has 0 bridgehead atoms. The number of hydrogen-bond acceptors (Lipinski definition) is 4. The SMILES string of the molecule is O=[N+]([O-])C1SCC1c1ncc[nH]1. The first-order valence-corrected chi connectivity index (χ1v) is 4.58. The van der Waals surface area contributed by atoms with Crippen LogP contribution in [-0.4, -0.2) is 26.0 Å². The molecule has 0 aliphatic carbocycles.